The van der Waals surface area contributed by atoms with Crippen LogP contribution < -0.4 is 0 Å². The van der Waals surface area contributed by atoms with Crippen LogP contribution in [-0.4, -0.2) is 12.4 Å². The Morgan fingerprint density at radius 1 is 0.500 bits per heavy atom. The molecule has 2 aliphatic rings. The van der Waals surface area contributed by atoms with Gasteiger partial charge in [-0.2, -0.15) is 63.2 Å². The maximum absolute atomic E-state index is 14.8. The highest BCUT2D eigenvalue weighted by molar-refractivity contribution is 6.19. The molecular formula is C36H8F6N8. The molecule has 0 bridgehead atoms. The summed E-state index contributed by atoms with van der Waals surface area (Å²) in [4.78, 5) is 3.18. The quantitative estimate of drug-likeness (QED) is 0.150. The molecule has 0 N–H and O–H groups in total. The van der Waals surface area contributed by atoms with Crippen molar-refractivity contribution in [2.75, 3.05) is 0 Å². The fourth-order valence-corrected chi connectivity index (χ4v) is 5.85. The summed E-state index contributed by atoms with van der Waals surface area (Å²) >= 11 is 0. The molecule has 14 heteroatoms. The Balaban J connectivity index is 2.02. The molecule has 234 valence electrons. The molecule has 0 radical (unpaired) electrons. The third kappa shape index (κ3) is 5.25. The smallest absolute Gasteiger partial charge is 0.238 e. The van der Waals surface area contributed by atoms with E-state index in [2.05, 4.69) is 4.85 Å². The molecule has 0 saturated carbocycles. The minimum absolute atomic E-state index is 0.204. The number of halogens is 6. The number of hydrogen-bond acceptors (Lipinski definition) is 7. The Morgan fingerprint density at radius 3 is 1.22 bits per heavy atom. The second-order valence-electron chi connectivity index (χ2n) is 10.4. The topological polar surface area (TPSA) is 171 Å². The molecule has 0 heterocycles. The van der Waals surface area contributed by atoms with Crippen molar-refractivity contribution in [3.8, 4) is 42.5 Å². The van der Waals surface area contributed by atoms with E-state index < -0.39 is 79.2 Å². The van der Waals surface area contributed by atoms with Crippen LogP contribution >= 0.6 is 0 Å². The van der Waals surface area contributed by atoms with Crippen LogP contribution in [0.2, 0.25) is 0 Å². The lowest BCUT2D eigenvalue weighted by Gasteiger charge is -2.16. The van der Waals surface area contributed by atoms with E-state index in [0.717, 1.165) is 48.5 Å². The molecule has 8 nitrogen and oxygen atoms in total. The van der Waals surface area contributed by atoms with Gasteiger partial charge in [0.05, 0.1) is 69.3 Å². The summed E-state index contributed by atoms with van der Waals surface area (Å²) in [7, 11) is 0. The summed E-state index contributed by atoms with van der Waals surface area (Å²) in [6.45, 7) is 7.32. The minimum Gasteiger partial charge on any atom is -0.238 e. The Hall–Kier alpha value is -7.88. The molecular weight excluding hydrogens is 658 g/mol. The van der Waals surface area contributed by atoms with Crippen LogP contribution in [0.4, 0.5) is 32.0 Å². The van der Waals surface area contributed by atoms with Crippen molar-refractivity contribution in [1.29, 1.82) is 36.8 Å². The van der Waals surface area contributed by atoms with Gasteiger partial charge in [-0.15, -0.1) is 0 Å². The summed E-state index contributed by atoms with van der Waals surface area (Å²) < 4.78 is 89.0. The predicted molar refractivity (Wildman–Crippen MR) is 162 cm³/mol. The van der Waals surface area contributed by atoms with E-state index in [9.17, 15) is 63.2 Å². The first-order chi connectivity index (χ1) is 23.7. The Bertz CT molecular complexity index is 2350. The molecule has 3 aromatic carbocycles. The summed E-state index contributed by atoms with van der Waals surface area (Å²) in [5.74, 6) is 0. The van der Waals surface area contributed by atoms with Crippen LogP contribution in [0.5, 0.6) is 0 Å². The highest BCUT2D eigenvalue weighted by Crippen LogP contribution is 2.57. The molecule has 0 amide bonds. The molecule has 0 saturated heterocycles. The van der Waals surface area contributed by atoms with Gasteiger partial charge in [-0.3, -0.25) is 0 Å². The minimum atomic E-state index is -5.34. The number of rotatable bonds is 2. The van der Waals surface area contributed by atoms with E-state index in [1.165, 1.54) is 12.1 Å². The molecule has 2 aliphatic carbocycles. The number of nitriles is 7. The average Bonchev–Trinajstić information content (AvgIpc) is 3.60. The fraction of sp³-hybridized carbons (Fsp3) is 0.0556. The van der Waals surface area contributed by atoms with Crippen molar-refractivity contribution < 1.29 is 26.3 Å². The molecule has 0 aromatic heterocycles. The summed E-state index contributed by atoms with van der Waals surface area (Å²) in [5.41, 5.74) is -12.7. The number of benzene rings is 3. The van der Waals surface area contributed by atoms with Gasteiger partial charge in [0.1, 0.15) is 24.3 Å². The fourth-order valence-electron chi connectivity index (χ4n) is 5.85. The van der Waals surface area contributed by atoms with E-state index in [1.807, 2.05) is 0 Å². The van der Waals surface area contributed by atoms with Gasteiger partial charge in [0, 0.05) is 27.8 Å². The monoisotopic (exact) mass is 666 g/mol. The van der Waals surface area contributed by atoms with Gasteiger partial charge < -0.3 is 0 Å². The molecule has 0 fully saturated rings. The molecule has 3 aromatic rings. The molecule has 0 unspecified atom stereocenters. The summed E-state index contributed by atoms with van der Waals surface area (Å²) in [6, 6.07) is 19.1. The number of allylic oxidation sites excluding steroid dienone is 8. The zero-order valence-corrected chi connectivity index (χ0v) is 24.5. The molecule has 0 atom stereocenters. The number of fused-ring (bicyclic) bond motifs is 2. The normalized spacial score (nSPS) is 15.2. The lowest BCUT2D eigenvalue weighted by atomic mass is 9.87. The van der Waals surface area contributed by atoms with Gasteiger partial charge in [0.25, 0.3) is 0 Å². The second-order valence-corrected chi connectivity index (χ2v) is 10.4. The lowest BCUT2D eigenvalue weighted by molar-refractivity contribution is -0.0870. The maximum Gasteiger partial charge on any atom is 0.418 e. The first kappa shape index (κ1) is 33.5. The van der Waals surface area contributed by atoms with Crippen LogP contribution in [0, 0.1) is 85.9 Å². The number of nitrogens with zero attached hydrogens (tertiary/aromatic N) is 8. The number of hydrogen-bond donors (Lipinski definition) is 0. The van der Waals surface area contributed by atoms with Crippen LogP contribution in [0.25, 0.3) is 38.3 Å². The van der Waals surface area contributed by atoms with E-state index in [1.54, 1.807) is 30.3 Å². The Kier molecular flexibility index (Phi) is 8.07. The van der Waals surface area contributed by atoms with Crippen molar-refractivity contribution in [2.24, 2.45) is 0 Å². The summed E-state index contributed by atoms with van der Waals surface area (Å²) in [5, 5.41) is 68.8. The van der Waals surface area contributed by atoms with Gasteiger partial charge in [-0.25, -0.2) is 4.85 Å². The predicted octanol–water partition coefficient (Wildman–Crippen LogP) is 8.43. The van der Waals surface area contributed by atoms with Crippen molar-refractivity contribution in [3.63, 3.8) is 0 Å². The van der Waals surface area contributed by atoms with Gasteiger partial charge in [0.2, 0.25) is 0 Å². The Morgan fingerprint density at radius 2 is 0.880 bits per heavy atom. The van der Waals surface area contributed by atoms with Crippen LogP contribution in [0.3, 0.4) is 0 Å². The van der Waals surface area contributed by atoms with Crippen molar-refractivity contribution in [3.05, 3.63) is 121 Å². The molecule has 0 spiro atoms. The van der Waals surface area contributed by atoms with Gasteiger partial charge in [-0.1, -0.05) is 0 Å². The first-order valence-electron chi connectivity index (χ1n) is 13.5. The van der Waals surface area contributed by atoms with E-state index >= 15 is 0 Å². The highest BCUT2D eigenvalue weighted by atomic mass is 19.4. The van der Waals surface area contributed by atoms with Crippen molar-refractivity contribution in [2.45, 2.75) is 12.4 Å². The van der Waals surface area contributed by atoms with Gasteiger partial charge in [-0.05, 0) is 70.8 Å². The number of alkyl halides is 6. The summed E-state index contributed by atoms with van der Waals surface area (Å²) in [6.07, 6.45) is -10.7. The Labute approximate surface area is 278 Å². The standard InChI is InChI=1S/C36H8F6N8/c1-50-22-6-19(12-45)5-21(7-22)28(14-47)32-26-9-25-23(8-24(26)30(16-49)34(32)36(40,41)42)29(15-48)33(35(37,38)39)31(25)27(13-46)20-3-17(10-43)2-18(4-20)11-44/h2-9H/b31-27-,32-28-. The maximum atomic E-state index is 14.8. The highest BCUT2D eigenvalue weighted by Gasteiger charge is 2.49. The third-order valence-corrected chi connectivity index (χ3v) is 7.69. The van der Waals surface area contributed by atoms with Crippen LogP contribution in [0.15, 0.2) is 59.7 Å². The molecule has 5 rings (SSSR count). The van der Waals surface area contributed by atoms with E-state index in [-0.39, 0.29) is 33.5 Å². The second kappa shape index (κ2) is 12.0. The van der Waals surface area contributed by atoms with Crippen LogP contribution in [-0.2, 0) is 0 Å². The first-order valence-corrected chi connectivity index (χ1v) is 13.5. The average molecular weight is 667 g/mol. The third-order valence-electron chi connectivity index (χ3n) is 7.69. The zero-order valence-electron chi connectivity index (χ0n) is 24.5. The lowest BCUT2D eigenvalue weighted by Crippen LogP contribution is -2.14. The molecule has 0 aliphatic heterocycles. The molecule has 50 heavy (non-hydrogen) atoms. The van der Waals surface area contributed by atoms with E-state index in [0.29, 0.717) is 0 Å². The zero-order chi connectivity index (χ0) is 36.7. The van der Waals surface area contributed by atoms with Crippen LogP contribution in [0.1, 0.15) is 50.1 Å². The van der Waals surface area contributed by atoms with Crippen molar-refractivity contribution in [1.82, 2.24) is 0 Å². The largest absolute Gasteiger partial charge is 0.418 e. The van der Waals surface area contributed by atoms with Crippen molar-refractivity contribution >= 4 is 39.1 Å². The van der Waals surface area contributed by atoms with Gasteiger partial charge in [0.15, 0.2) is 5.69 Å². The van der Waals surface area contributed by atoms with E-state index in [4.69, 9.17) is 6.57 Å². The SMILES string of the molecule is [C-]#[N+]c1cc(C#N)cc(/C(C#N)=C2\C(C(F)(F)F)=C(C#N)c3cc4c(cc32)/C(=C(\C#N)c2cc(C#N)cc(C#N)c2)C(C(F)(F)F)=C4C#N)c1. The van der Waals surface area contributed by atoms with Gasteiger partial charge >= 0.3 is 12.4 Å².